The molecule has 116 valence electrons. The van der Waals surface area contributed by atoms with Crippen molar-refractivity contribution in [3.63, 3.8) is 0 Å². The lowest BCUT2D eigenvalue weighted by atomic mass is 10.1. The van der Waals surface area contributed by atoms with Crippen LogP contribution in [0.15, 0.2) is 48.5 Å². The van der Waals surface area contributed by atoms with E-state index in [4.69, 9.17) is 5.11 Å². The van der Waals surface area contributed by atoms with Crippen LogP contribution in [0.2, 0.25) is 0 Å². The molecule has 1 aliphatic rings. The van der Waals surface area contributed by atoms with Crippen molar-refractivity contribution in [3.8, 4) is 0 Å². The lowest BCUT2D eigenvalue weighted by Crippen LogP contribution is -2.37. The molecule has 0 saturated carbocycles. The van der Waals surface area contributed by atoms with E-state index in [0.717, 1.165) is 4.90 Å². The van der Waals surface area contributed by atoms with Crippen molar-refractivity contribution in [1.29, 1.82) is 0 Å². The normalized spacial score (nSPS) is 13.2. The highest BCUT2D eigenvalue weighted by Crippen LogP contribution is 2.22. The van der Waals surface area contributed by atoms with E-state index in [1.54, 1.807) is 48.5 Å². The summed E-state index contributed by atoms with van der Waals surface area (Å²) >= 11 is 0. The van der Waals surface area contributed by atoms with Crippen LogP contribution in [0.5, 0.6) is 0 Å². The summed E-state index contributed by atoms with van der Waals surface area (Å²) < 4.78 is 0. The lowest BCUT2D eigenvalue weighted by Gasteiger charge is -2.13. The molecule has 2 aromatic rings. The Hall–Kier alpha value is -2.99. The standard InChI is InChI=1S/C17H14N2O4/c20-10-11-4-3-5-12(8-11)18-15(21)9-19-16(22)13-6-1-2-7-14(13)17(19)23/h1-8,20H,9-10H2,(H,18,21). The molecule has 1 aliphatic heterocycles. The monoisotopic (exact) mass is 310 g/mol. The zero-order valence-corrected chi connectivity index (χ0v) is 12.2. The highest BCUT2D eigenvalue weighted by molar-refractivity contribution is 6.22. The number of carbonyl (C=O) groups is 3. The molecule has 3 amide bonds. The molecule has 2 N–H and O–H groups in total. The van der Waals surface area contributed by atoms with Crippen molar-refractivity contribution >= 4 is 23.4 Å². The second-order valence-corrected chi connectivity index (χ2v) is 5.15. The SMILES string of the molecule is O=C(CN1C(=O)c2ccccc2C1=O)Nc1cccc(CO)c1. The van der Waals surface area contributed by atoms with E-state index in [-0.39, 0.29) is 13.2 Å². The number of fused-ring (bicyclic) bond motifs is 1. The molecule has 1 heterocycles. The van der Waals surface area contributed by atoms with Crippen LogP contribution < -0.4 is 5.32 Å². The minimum absolute atomic E-state index is 0.137. The molecule has 6 nitrogen and oxygen atoms in total. The van der Waals surface area contributed by atoms with Crippen LogP contribution in [-0.2, 0) is 11.4 Å². The number of rotatable bonds is 4. The number of amides is 3. The van der Waals surface area contributed by atoms with Gasteiger partial charge in [0.15, 0.2) is 0 Å². The Morgan fingerprint density at radius 1 is 1.00 bits per heavy atom. The number of hydrogen-bond donors (Lipinski definition) is 2. The van der Waals surface area contributed by atoms with Gasteiger partial charge >= 0.3 is 0 Å². The summed E-state index contributed by atoms with van der Waals surface area (Å²) in [6.07, 6.45) is 0. The third kappa shape index (κ3) is 2.84. The largest absolute Gasteiger partial charge is 0.392 e. The van der Waals surface area contributed by atoms with Crippen LogP contribution in [-0.4, -0.2) is 34.3 Å². The summed E-state index contributed by atoms with van der Waals surface area (Å²) in [6.45, 7) is -0.488. The molecule has 23 heavy (non-hydrogen) atoms. The first kappa shape index (κ1) is 14.9. The molecule has 0 bridgehead atoms. The molecule has 0 unspecified atom stereocenters. The maximum Gasteiger partial charge on any atom is 0.262 e. The molecule has 0 fully saturated rings. The third-order valence-corrected chi connectivity index (χ3v) is 3.57. The summed E-state index contributed by atoms with van der Waals surface area (Å²) in [4.78, 5) is 37.4. The summed E-state index contributed by atoms with van der Waals surface area (Å²) in [5.41, 5.74) is 1.78. The van der Waals surface area contributed by atoms with Gasteiger partial charge in [-0.05, 0) is 29.8 Å². The second kappa shape index (κ2) is 6.02. The van der Waals surface area contributed by atoms with E-state index >= 15 is 0 Å². The van der Waals surface area contributed by atoms with Crippen LogP contribution in [0.1, 0.15) is 26.3 Å². The predicted molar refractivity (Wildman–Crippen MR) is 82.8 cm³/mol. The molecule has 6 heteroatoms. The van der Waals surface area contributed by atoms with Crippen molar-refractivity contribution in [1.82, 2.24) is 4.90 Å². The van der Waals surface area contributed by atoms with Gasteiger partial charge in [-0.2, -0.15) is 0 Å². The van der Waals surface area contributed by atoms with Gasteiger partial charge in [0.1, 0.15) is 6.54 Å². The predicted octanol–water partition coefficient (Wildman–Crippen LogP) is 1.41. The van der Waals surface area contributed by atoms with Crippen LogP contribution in [0.4, 0.5) is 5.69 Å². The number of benzene rings is 2. The van der Waals surface area contributed by atoms with E-state index in [1.165, 1.54) is 0 Å². The molecule has 2 aromatic carbocycles. The first-order valence-corrected chi connectivity index (χ1v) is 7.05. The highest BCUT2D eigenvalue weighted by Gasteiger charge is 2.36. The van der Waals surface area contributed by atoms with Crippen molar-refractivity contribution < 1.29 is 19.5 Å². The van der Waals surface area contributed by atoms with Crippen LogP contribution in [0, 0.1) is 0 Å². The second-order valence-electron chi connectivity index (χ2n) is 5.15. The number of nitrogens with one attached hydrogen (secondary N) is 1. The summed E-state index contributed by atoms with van der Waals surface area (Å²) in [7, 11) is 0. The van der Waals surface area contributed by atoms with E-state index in [0.29, 0.717) is 22.4 Å². The summed E-state index contributed by atoms with van der Waals surface area (Å²) in [5.74, 6) is -1.41. The van der Waals surface area contributed by atoms with Crippen molar-refractivity contribution in [2.45, 2.75) is 6.61 Å². The molecule has 0 atom stereocenters. The first-order valence-electron chi connectivity index (χ1n) is 7.05. The number of imide groups is 1. The number of carbonyl (C=O) groups excluding carboxylic acids is 3. The topological polar surface area (TPSA) is 86.7 Å². The molecule has 0 spiro atoms. The minimum Gasteiger partial charge on any atom is -0.392 e. The smallest absolute Gasteiger partial charge is 0.262 e. The van der Waals surface area contributed by atoms with Crippen LogP contribution in [0.25, 0.3) is 0 Å². The average Bonchev–Trinajstić information content (AvgIpc) is 2.80. The molecular weight excluding hydrogens is 296 g/mol. The Kier molecular flexibility index (Phi) is 3.91. The van der Waals surface area contributed by atoms with E-state index in [2.05, 4.69) is 5.32 Å². The molecule has 0 saturated heterocycles. The van der Waals surface area contributed by atoms with Gasteiger partial charge in [0.05, 0.1) is 17.7 Å². The maximum atomic E-state index is 12.2. The molecule has 3 rings (SSSR count). The number of hydrogen-bond acceptors (Lipinski definition) is 4. The van der Waals surface area contributed by atoms with Crippen LogP contribution in [0.3, 0.4) is 0 Å². The van der Waals surface area contributed by atoms with Crippen molar-refractivity contribution in [3.05, 3.63) is 65.2 Å². The van der Waals surface area contributed by atoms with Crippen molar-refractivity contribution in [2.75, 3.05) is 11.9 Å². The van der Waals surface area contributed by atoms with Gasteiger partial charge in [-0.15, -0.1) is 0 Å². The van der Waals surface area contributed by atoms with Crippen molar-refractivity contribution in [2.24, 2.45) is 0 Å². The molecule has 0 aromatic heterocycles. The fourth-order valence-corrected chi connectivity index (χ4v) is 2.47. The fourth-order valence-electron chi connectivity index (χ4n) is 2.47. The zero-order chi connectivity index (χ0) is 16.4. The Morgan fingerprint density at radius 3 is 2.26 bits per heavy atom. The van der Waals surface area contributed by atoms with Gasteiger partial charge in [0.25, 0.3) is 11.8 Å². The fraction of sp³-hybridized carbons (Fsp3) is 0.118. The van der Waals surface area contributed by atoms with E-state index in [9.17, 15) is 14.4 Å². The van der Waals surface area contributed by atoms with Gasteiger partial charge in [-0.1, -0.05) is 24.3 Å². The minimum atomic E-state index is -0.477. The summed E-state index contributed by atoms with van der Waals surface area (Å²) in [5, 5.41) is 11.7. The maximum absolute atomic E-state index is 12.2. The number of aliphatic hydroxyl groups is 1. The van der Waals surface area contributed by atoms with Gasteiger partial charge in [-0.3, -0.25) is 19.3 Å². The van der Waals surface area contributed by atoms with Gasteiger partial charge < -0.3 is 10.4 Å². The van der Waals surface area contributed by atoms with Gasteiger partial charge in [0.2, 0.25) is 5.91 Å². The Labute approximate surface area is 132 Å². The quantitative estimate of drug-likeness (QED) is 0.836. The molecule has 0 aliphatic carbocycles. The highest BCUT2D eigenvalue weighted by atomic mass is 16.3. The Morgan fingerprint density at radius 2 is 1.65 bits per heavy atom. The number of anilines is 1. The lowest BCUT2D eigenvalue weighted by molar-refractivity contribution is -0.116. The van der Waals surface area contributed by atoms with E-state index in [1.807, 2.05) is 0 Å². The van der Waals surface area contributed by atoms with Gasteiger partial charge in [0, 0.05) is 5.69 Å². The average molecular weight is 310 g/mol. The zero-order valence-electron chi connectivity index (χ0n) is 12.2. The molecular formula is C17H14N2O4. The molecule has 0 radical (unpaired) electrons. The Bertz CT molecular complexity index is 766. The number of aliphatic hydroxyl groups excluding tert-OH is 1. The van der Waals surface area contributed by atoms with Gasteiger partial charge in [-0.25, -0.2) is 0 Å². The first-order chi connectivity index (χ1) is 11.1. The number of nitrogens with zero attached hydrogens (tertiary/aromatic N) is 1. The third-order valence-electron chi connectivity index (χ3n) is 3.57. The van der Waals surface area contributed by atoms with Crippen LogP contribution >= 0.6 is 0 Å². The summed E-state index contributed by atoms with van der Waals surface area (Å²) in [6, 6.07) is 13.2. The Balaban J connectivity index is 1.71. The van der Waals surface area contributed by atoms with E-state index < -0.39 is 17.7 Å².